The third kappa shape index (κ3) is 5.84. The summed E-state index contributed by atoms with van der Waals surface area (Å²) in [7, 11) is 0. The van der Waals surface area contributed by atoms with Gasteiger partial charge in [0.25, 0.3) is 11.5 Å². The lowest BCUT2D eigenvalue weighted by atomic mass is 10.3. The van der Waals surface area contributed by atoms with E-state index in [0.717, 1.165) is 0 Å². The molecule has 1 aliphatic rings. The van der Waals surface area contributed by atoms with E-state index in [0.29, 0.717) is 8.59 Å². The molecule has 0 saturated carbocycles. The van der Waals surface area contributed by atoms with Gasteiger partial charge < -0.3 is 9.47 Å². The van der Waals surface area contributed by atoms with Gasteiger partial charge in [0.1, 0.15) is 6.42 Å². The quantitative estimate of drug-likeness (QED) is 0.225. The van der Waals surface area contributed by atoms with E-state index in [-0.39, 0.29) is 12.1 Å². The lowest BCUT2D eigenvalue weighted by molar-refractivity contribution is -0.385. The molecule has 1 aromatic carbocycles. The molecule has 1 aliphatic heterocycles. The Morgan fingerprint density at radius 1 is 1.29 bits per heavy atom. The minimum Gasteiger partial charge on any atom is -0.423 e. The Morgan fingerprint density at radius 3 is 2.19 bits per heavy atom. The normalized spacial score (nSPS) is 16.2. The number of esters is 2. The number of halogens is 2. The number of rotatable bonds is 1. The van der Waals surface area contributed by atoms with Gasteiger partial charge in [-0.15, -0.1) is 0 Å². The Balaban J connectivity index is 0.000000211. The zero-order valence-corrected chi connectivity index (χ0v) is 14.0. The maximum absolute atomic E-state index is 10.6. The van der Waals surface area contributed by atoms with Gasteiger partial charge in [-0.2, -0.15) is 0 Å². The molecule has 1 saturated heterocycles. The Hall–Kier alpha value is -1.42. The van der Waals surface area contributed by atoms with Gasteiger partial charge in [0.05, 0.1) is 8.49 Å². The van der Waals surface area contributed by atoms with E-state index >= 15 is 0 Å². The van der Waals surface area contributed by atoms with Crippen molar-refractivity contribution in [1.29, 1.82) is 0 Å². The molecular weight excluding hydrogens is 416 g/mol. The Morgan fingerprint density at radius 2 is 1.81 bits per heavy atom. The van der Waals surface area contributed by atoms with Gasteiger partial charge in [0.15, 0.2) is 0 Å². The zero-order chi connectivity index (χ0) is 16.2. The molecule has 1 aromatic rings. The second-order valence-electron chi connectivity index (χ2n) is 4.38. The third-order valence-corrected chi connectivity index (χ3v) is 3.26. The molecule has 0 N–H and O–H groups in total. The second kappa shape index (κ2) is 7.03. The molecule has 1 fully saturated rings. The number of hydrogen-bond acceptors (Lipinski definition) is 6. The summed E-state index contributed by atoms with van der Waals surface area (Å²) in [4.78, 5) is 31.0. The van der Waals surface area contributed by atoms with Gasteiger partial charge in [-0.1, -0.05) is 11.6 Å². The van der Waals surface area contributed by atoms with Gasteiger partial charge in [-0.05, 0) is 34.7 Å². The van der Waals surface area contributed by atoms with Crippen LogP contribution in [0.5, 0.6) is 0 Å². The number of carbonyl (C=O) groups is 2. The van der Waals surface area contributed by atoms with Crippen LogP contribution in [0.15, 0.2) is 18.2 Å². The summed E-state index contributed by atoms with van der Waals surface area (Å²) in [5, 5.41) is 10.7. The molecule has 0 radical (unpaired) electrons. The number of nitro groups is 1. The van der Waals surface area contributed by atoms with Crippen LogP contribution in [-0.2, 0) is 19.1 Å². The zero-order valence-electron chi connectivity index (χ0n) is 11.1. The summed E-state index contributed by atoms with van der Waals surface area (Å²) in [5.41, 5.74) is 0.0538. The van der Waals surface area contributed by atoms with Crippen molar-refractivity contribution in [1.82, 2.24) is 0 Å². The van der Waals surface area contributed by atoms with E-state index in [2.05, 4.69) is 9.47 Å². The summed E-state index contributed by atoms with van der Waals surface area (Å²) in [6.45, 7) is 3.03. The highest BCUT2D eigenvalue weighted by Crippen LogP contribution is 2.24. The SMILES string of the molecule is CC1(C)OC(=O)CC(=O)O1.O=[N+]([O-])c1cc(Cl)ccc1I. The minimum atomic E-state index is -1.08. The number of nitro benzene ring substituents is 1. The number of nitrogens with zero attached hydrogens (tertiary/aromatic N) is 1. The van der Waals surface area contributed by atoms with E-state index in [1.807, 2.05) is 22.6 Å². The van der Waals surface area contributed by atoms with Crippen LogP contribution in [0.2, 0.25) is 5.02 Å². The van der Waals surface area contributed by atoms with E-state index in [1.165, 1.54) is 19.9 Å². The Bertz CT molecular complexity index is 571. The molecule has 0 amide bonds. The van der Waals surface area contributed by atoms with Crippen LogP contribution in [0.3, 0.4) is 0 Å². The highest BCUT2D eigenvalue weighted by molar-refractivity contribution is 14.1. The van der Waals surface area contributed by atoms with Crippen molar-refractivity contribution >= 4 is 51.8 Å². The molecule has 0 aliphatic carbocycles. The fraction of sp³-hybridized carbons (Fsp3) is 0.333. The van der Waals surface area contributed by atoms with Gasteiger partial charge in [-0.3, -0.25) is 19.7 Å². The number of cyclic esters (lactones) is 2. The number of ether oxygens (including phenoxy) is 2. The maximum atomic E-state index is 10.6. The molecule has 21 heavy (non-hydrogen) atoms. The highest BCUT2D eigenvalue weighted by atomic mass is 127. The number of hydrogen-bond donors (Lipinski definition) is 0. The average molecular weight is 428 g/mol. The fourth-order valence-corrected chi connectivity index (χ4v) is 2.08. The van der Waals surface area contributed by atoms with E-state index in [1.54, 1.807) is 12.1 Å². The van der Waals surface area contributed by atoms with Crippen molar-refractivity contribution in [2.75, 3.05) is 0 Å². The van der Waals surface area contributed by atoms with Crippen molar-refractivity contribution in [3.63, 3.8) is 0 Å². The Labute approximate surface area is 138 Å². The molecule has 0 atom stereocenters. The van der Waals surface area contributed by atoms with Crippen molar-refractivity contribution in [3.8, 4) is 0 Å². The lowest BCUT2D eigenvalue weighted by Crippen LogP contribution is -2.39. The van der Waals surface area contributed by atoms with E-state index in [4.69, 9.17) is 11.6 Å². The van der Waals surface area contributed by atoms with Gasteiger partial charge in [0, 0.05) is 24.9 Å². The van der Waals surface area contributed by atoms with Crippen LogP contribution in [0.1, 0.15) is 20.3 Å². The fourth-order valence-electron chi connectivity index (χ4n) is 1.38. The van der Waals surface area contributed by atoms with Crippen LogP contribution in [0.4, 0.5) is 5.69 Å². The largest absolute Gasteiger partial charge is 0.423 e. The van der Waals surface area contributed by atoms with Crippen molar-refractivity contribution in [2.45, 2.75) is 26.1 Å². The first-order valence-electron chi connectivity index (χ1n) is 5.64. The van der Waals surface area contributed by atoms with E-state index < -0.39 is 22.6 Å². The first-order chi connectivity index (χ1) is 9.60. The molecule has 0 aromatic heterocycles. The van der Waals surface area contributed by atoms with Crippen molar-refractivity contribution in [3.05, 3.63) is 36.9 Å². The average Bonchev–Trinajstić information content (AvgIpc) is 2.29. The van der Waals surface area contributed by atoms with Crippen LogP contribution >= 0.6 is 34.2 Å². The molecule has 9 heteroatoms. The predicted molar refractivity (Wildman–Crippen MR) is 81.7 cm³/mol. The smallest absolute Gasteiger partial charge is 0.320 e. The van der Waals surface area contributed by atoms with E-state index in [9.17, 15) is 19.7 Å². The minimum absolute atomic E-state index is 0.0538. The lowest BCUT2D eigenvalue weighted by Gasteiger charge is -2.28. The van der Waals surface area contributed by atoms with Crippen molar-refractivity contribution in [2.24, 2.45) is 0 Å². The van der Waals surface area contributed by atoms with Crippen LogP contribution in [0.25, 0.3) is 0 Å². The summed E-state index contributed by atoms with van der Waals surface area (Å²) < 4.78 is 9.92. The molecule has 7 nitrogen and oxygen atoms in total. The standard InChI is InChI=1S/C6H3ClINO2.C6H8O4/c7-4-1-2-5(8)6(3-4)9(10)11;1-6(2)9-4(7)3-5(8)10-6/h1-3H;3H2,1-2H3. The summed E-state index contributed by atoms with van der Waals surface area (Å²) in [6, 6.07) is 4.57. The van der Waals surface area contributed by atoms with Crippen LogP contribution < -0.4 is 0 Å². The number of carbonyl (C=O) groups excluding carboxylic acids is 2. The highest BCUT2D eigenvalue weighted by Gasteiger charge is 2.34. The summed E-state index contributed by atoms with van der Waals surface area (Å²) >= 11 is 7.45. The number of benzene rings is 1. The predicted octanol–water partition coefficient (Wildman–Crippen LogP) is 3.07. The molecule has 1 heterocycles. The van der Waals surface area contributed by atoms with Gasteiger partial charge >= 0.3 is 11.9 Å². The molecule has 0 unspecified atom stereocenters. The molecular formula is C12H11ClINO6. The first kappa shape index (κ1) is 17.6. The third-order valence-electron chi connectivity index (χ3n) is 2.11. The van der Waals surface area contributed by atoms with Crippen LogP contribution in [-0.4, -0.2) is 22.6 Å². The van der Waals surface area contributed by atoms with Gasteiger partial charge in [0.2, 0.25) is 0 Å². The summed E-state index contributed by atoms with van der Waals surface area (Å²) in [5.74, 6) is -2.13. The van der Waals surface area contributed by atoms with Crippen molar-refractivity contribution < 1.29 is 24.0 Å². The van der Waals surface area contributed by atoms with Gasteiger partial charge in [-0.25, -0.2) is 0 Å². The molecule has 0 bridgehead atoms. The second-order valence-corrected chi connectivity index (χ2v) is 5.98. The van der Waals surface area contributed by atoms with Crippen LogP contribution in [0, 0.1) is 13.7 Å². The molecule has 0 spiro atoms. The molecule has 2 rings (SSSR count). The topological polar surface area (TPSA) is 95.7 Å². The Kier molecular flexibility index (Phi) is 5.90. The summed E-state index contributed by atoms with van der Waals surface area (Å²) in [6.07, 6.45) is -0.274. The maximum Gasteiger partial charge on any atom is 0.320 e. The first-order valence-corrected chi connectivity index (χ1v) is 7.09. The molecule has 114 valence electrons. The monoisotopic (exact) mass is 427 g/mol.